The molecule has 0 radical (unpaired) electrons. The lowest BCUT2D eigenvalue weighted by atomic mass is 10.3. The van der Waals surface area contributed by atoms with Crippen molar-refractivity contribution >= 4 is 6.03 Å². The Labute approximate surface area is 98.0 Å². The van der Waals surface area contributed by atoms with Crippen LogP contribution in [-0.4, -0.2) is 62.1 Å². The molecule has 5 heteroatoms. The van der Waals surface area contributed by atoms with E-state index in [2.05, 4.69) is 10.2 Å². The lowest BCUT2D eigenvalue weighted by Crippen LogP contribution is -2.40. The minimum absolute atomic E-state index is 0.0452. The molecule has 1 saturated heterocycles. The predicted octanol–water partition coefficient (Wildman–Crippen LogP) is 0.0724. The van der Waals surface area contributed by atoms with Gasteiger partial charge in [0.2, 0.25) is 0 Å². The number of nitrogens with two attached hydrogens (primary N) is 1. The van der Waals surface area contributed by atoms with E-state index in [4.69, 9.17) is 5.73 Å². The first-order valence-corrected chi connectivity index (χ1v) is 6.17. The summed E-state index contributed by atoms with van der Waals surface area (Å²) in [5, 5.41) is 2.68. The van der Waals surface area contributed by atoms with Crippen LogP contribution in [0.3, 0.4) is 0 Å². The van der Waals surface area contributed by atoms with Crippen molar-refractivity contribution in [3.05, 3.63) is 0 Å². The van der Waals surface area contributed by atoms with Gasteiger partial charge in [0.05, 0.1) is 0 Å². The van der Waals surface area contributed by atoms with E-state index in [0.717, 1.165) is 58.5 Å². The van der Waals surface area contributed by atoms with Crippen molar-refractivity contribution in [3.63, 3.8) is 0 Å². The molecule has 94 valence electrons. The molecule has 1 heterocycles. The highest BCUT2D eigenvalue weighted by Crippen LogP contribution is 2.04. The highest BCUT2D eigenvalue weighted by Gasteiger charge is 2.17. The molecule has 0 saturated carbocycles. The summed E-state index contributed by atoms with van der Waals surface area (Å²) in [4.78, 5) is 15.8. The number of nitrogens with one attached hydrogen (secondary N) is 1. The highest BCUT2D eigenvalue weighted by molar-refractivity contribution is 5.73. The standard InChI is InChI=1S/C11H24N4O/c1-13-11(16)15-8-4-7-14(9-10-15)6-3-2-5-12/h2-10,12H2,1H3,(H,13,16). The zero-order valence-electron chi connectivity index (χ0n) is 10.2. The van der Waals surface area contributed by atoms with E-state index in [1.807, 2.05) is 4.90 Å². The van der Waals surface area contributed by atoms with Crippen LogP contribution >= 0.6 is 0 Å². The molecule has 3 N–H and O–H groups in total. The number of amides is 2. The van der Waals surface area contributed by atoms with Crippen molar-refractivity contribution in [1.29, 1.82) is 0 Å². The Morgan fingerprint density at radius 2 is 2.06 bits per heavy atom. The average molecular weight is 228 g/mol. The van der Waals surface area contributed by atoms with Crippen LogP contribution in [-0.2, 0) is 0 Å². The molecule has 0 aromatic rings. The molecular weight excluding hydrogens is 204 g/mol. The van der Waals surface area contributed by atoms with Crippen LogP contribution in [0.2, 0.25) is 0 Å². The number of hydrogen-bond donors (Lipinski definition) is 2. The van der Waals surface area contributed by atoms with E-state index in [1.165, 1.54) is 0 Å². The molecule has 0 bridgehead atoms. The maximum Gasteiger partial charge on any atom is 0.317 e. The monoisotopic (exact) mass is 228 g/mol. The second-order valence-electron chi connectivity index (χ2n) is 4.23. The summed E-state index contributed by atoms with van der Waals surface area (Å²) in [5.74, 6) is 0. The number of hydrogen-bond acceptors (Lipinski definition) is 3. The maximum atomic E-state index is 11.5. The van der Waals surface area contributed by atoms with E-state index in [9.17, 15) is 4.79 Å². The zero-order valence-corrected chi connectivity index (χ0v) is 10.2. The Morgan fingerprint density at radius 3 is 2.75 bits per heavy atom. The summed E-state index contributed by atoms with van der Waals surface area (Å²) < 4.78 is 0. The van der Waals surface area contributed by atoms with Gasteiger partial charge in [-0.15, -0.1) is 0 Å². The Balaban J connectivity index is 2.26. The topological polar surface area (TPSA) is 61.6 Å². The van der Waals surface area contributed by atoms with Crippen LogP contribution in [0.25, 0.3) is 0 Å². The van der Waals surface area contributed by atoms with Crippen LogP contribution in [0.15, 0.2) is 0 Å². The van der Waals surface area contributed by atoms with Crippen molar-refractivity contribution < 1.29 is 4.79 Å². The number of rotatable bonds is 4. The molecule has 0 unspecified atom stereocenters. The third kappa shape index (κ3) is 4.37. The first-order valence-electron chi connectivity index (χ1n) is 6.17. The summed E-state index contributed by atoms with van der Waals surface area (Å²) in [6.07, 6.45) is 3.32. The van der Waals surface area contributed by atoms with Crippen LogP contribution < -0.4 is 11.1 Å². The molecule has 0 aromatic carbocycles. The zero-order chi connectivity index (χ0) is 11.8. The van der Waals surface area contributed by atoms with Crippen molar-refractivity contribution in [2.45, 2.75) is 19.3 Å². The Kier molecular flexibility index (Phi) is 6.18. The minimum Gasteiger partial charge on any atom is -0.341 e. The van der Waals surface area contributed by atoms with Crippen LogP contribution in [0.4, 0.5) is 4.79 Å². The van der Waals surface area contributed by atoms with Crippen molar-refractivity contribution in [1.82, 2.24) is 15.1 Å². The van der Waals surface area contributed by atoms with Gasteiger partial charge in [0.15, 0.2) is 0 Å². The van der Waals surface area contributed by atoms with Gasteiger partial charge in [-0.2, -0.15) is 0 Å². The molecule has 0 aliphatic carbocycles. The predicted molar refractivity (Wildman–Crippen MR) is 65.4 cm³/mol. The summed E-state index contributed by atoms with van der Waals surface area (Å²) in [6.45, 7) is 5.67. The van der Waals surface area contributed by atoms with Gasteiger partial charge in [0, 0.05) is 26.7 Å². The maximum absolute atomic E-state index is 11.5. The van der Waals surface area contributed by atoms with Crippen molar-refractivity contribution in [3.8, 4) is 0 Å². The largest absolute Gasteiger partial charge is 0.341 e. The summed E-state index contributed by atoms with van der Waals surface area (Å²) in [7, 11) is 1.69. The summed E-state index contributed by atoms with van der Waals surface area (Å²) >= 11 is 0. The van der Waals surface area contributed by atoms with Gasteiger partial charge in [-0.3, -0.25) is 0 Å². The minimum atomic E-state index is 0.0452. The molecule has 5 nitrogen and oxygen atoms in total. The number of carbonyl (C=O) groups is 1. The van der Waals surface area contributed by atoms with Gasteiger partial charge in [0.1, 0.15) is 0 Å². The molecule has 0 aromatic heterocycles. The smallest absolute Gasteiger partial charge is 0.317 e. The SMILES string of the molecule is CNC(=O)N1CCCN(CCCCN)CC1. The number of nitrogens with zero attached hydrogens (tertiary/aromatic N) is 2. The number of carbonyl (C=O) groups excluding carboxylic acids is 1. The highest BCUT2D eigenvalue weighted by atomic mass is 16.2. The molecule has 1 aliphatic heterocycles. The van der Waals surface area contributed by atoms with Crippen molar-refractivity contribution in [2.24, 2.45) is 5.73 Å². The molecule has 2 amide bonds. The lowest BCUT2D eigenvalue weighted by molar-refractivity contribution is 0.200. The summed E-state index contributed by atoms with van der Waals surface area (Å²) in [6, 6.07) is 0.0452. The molecule has 1 fully saturated rings. The first kappa shape index (κ1) is 13.3. The fourth-order valence-electron chi connectivity index (χ4n) is 2.04. The van der Waals surface area contributed by atoms with E-state index < -0.39 is 0 Å². The quantitative estimate of drug-likeness (QED) is 0.670. The Morgan fingerprint density at radius 1 is 1.25 bits per heavy atom. The molecule has 1 aliphatic rings. The number of unbranched alkanes of at least 4 members (excludes halogenated alkanes) is 1. The molecule has 16 heavy (non-hydrogen) atoms. The molecular formula is C11H24N4O. The van der Waals surface area contributed by atoms with E-state index >= 15 is 0 Å². The molecule has 0 atom stereocenters. The van der Waals surface area contributed by atoms with Gasteiger partial charge in [0.25, 0.3) is 0 Å². The van der Waals surface area contributed by atoms with E-state index in [1.54, 1.807) is 7.05 Å². The molecule has 0 spiro atoms. The number of urea groups is 1. The third-order valence-corrected chi connectivity index (χ3v) is 3.02. The van der Waals surface area contributed by atoms with Gasteiger partial charge in [-0.25, -0.2) is 4.79 Å². The molecule has 1 rings (SSSR count). The normalized spacial score (nSPS) is 18.2. The second kappa shape index (κ2) is 7.46. The van der Waals surface area contributed by atoms with E-state index in [0.29, 0.717) is 0 Å². The Bertz CT molecular complexity index is 210. The lowest BCUT2D eigenvalue weighted by Gasteiger charge is -2.21. The van der Waals surface area contributed by atoms with Gasteiger partial charge in [-0.1, -0.05) is 0 Å². The van der Waals surface area contributed by atoms with Gasteiger partial charge in [-0.05, 0) is 38.9 Å². The van der Waals surface area contributed by atoms with Crippen molar-refractivity contribution in [2.75, 3.05) is 46.3 Å². The first-order chi connectivity index (χ1) is 7.77. The van der Waals surface area contributed by atoms with Crippen LogP contribution in [0.1, 0.15) is 19.3 Å². The van der Waals surface area contributed by atoms with Crippen LogP contribution in [0, 0.1) is 0 Å². The fourth-order valence-corrected chi connectivity index (χ4v) is 2.04. The average Bonchev–Trinajstić information content (AvgIpc) is 2.54. The summed E-state index contributed by atoms with van der Waals surface area (Å²) in [5.41, 5.74) is 5.48. The van der Waals surface area contributed by atoms with Gasteiger partial charge < -0.3 is 20.9 Å². The van der Waals surface area contributed by atoms with Gasteiger partial charge >= 0.3 is 6.03 Å². The van der Waals surface area contributed by atoms with Crippen LogP contribution in [0.5, 0.6) is 0 Å². The van der Waals surface area contributed by atoms with E-state index in [-0.39, 0.29) is 6.03 Å². The fraction of sp³-hybridized carbons (Fsp3) is 0.909. The Hall–Kier alpha value is -0.810. The second-order valence-corrected chi connectivity index (χ2v) is 4.23. The third-order valence-electron chi connectivity index (χ3n) is 3.02.